The number of rotatable bonds is 5. The maximum Gasteiger partial charge on any atom is 0.293 e. The third-order valence-electron chi connectivity index (χ3n) is 5.13. The Hall–Kier alpha value is -4.87. The molecule has 0 saturated carbocycles. The molecule has 5 aromatic rings. The zero-order chi connectivity index (χ0) is 24.7. The van der Waals surface area contributed by atoms with Gasteiger partial charge in [-0.2, -0.15) is 0 Å². The third-order valence-corrected chi connectivity index (χ3v) is 5.13. The van der Waals surface area contributed by atoms with E-state index in [9.17, 15) is 14.0 Å². The zero-order valence-corrected chi connectivity index (χ0v) is 18.9. The number of aromatic amines is 1. The van der Waals surface area contributed by atoms with Gasteiger partial charge in [0.15, 0.2) is 5.89 Å². The lowest BCUT2D eigenvalue weighted by Gasteiger charge is -2.06. The molecule has 5 rings (SSSR count). The van der Waals surface area contributed by atoms with Crippen LogP contribution in [0.4, 0.5) is 15.8 Å². The Labute approximate surface area is 197 Å². The van der Waals surface area contributed by atoms with Crippen LogP contribution in [0.5, 0.6) is 0 Å². The van der Waals surface area contributed by atoms with Crippen molar-refractivity contribution in [3.63, 3.8) is 0 Å². The molecule has 4 heterocycles. The molecule has 1 aromatic carbocycles. The highest BCUT2D eigenvalue weighted by atomic mass is 19.1. The second kappa shape index (κ2) is 8.48. The van der Waals surface area contributed by atoms with E-state index in [-0.39, 0.29) is 17.2 Å². The molecule has 0 unspecified atom stereocenters. The quantitative estimate of drug-likeness (QED) is 0.353. The van der Waals surface area contributed by atoms with Gasteiger partial charge in [0, 0.05) is 30.6 Å². The topological polar surface area (TPSA) is 143 Å². The molecule has 11 nitrogen and oxygen atoms in total. The number of nitrogens with one attached hydrogen (secondary N) is 3. The lowest BCUT2D eigenvalue weighted by atomic mass is 10.1. The van der Waals surface area contributed by atoms with Crippen LogP contribution in [0.2, 0.25) is 0 Å². The van der Waals surface area contributed by atoms with Crippen molar-refractivity contribution in [2.24, 2.45) is 0 Å². The summed E-state index contributed by atoms with van der Waals surface area (Å²) >= 11 is 0. The van der Waals surface area contributed by atoms with Crippen molar-refractivity contribution >= 4 is 29.0 Å². The molecule has 0 bridgehead atoms. The molecule has 4 aromatic heterocycles. The second-order valence-electron chi connectivity index (χ2n) is 7.81. The fraction of sp³-hybridized carbons (Fsp3) is 0.130. The van der Waals surface area contributed by atoms with Gasteiger partial charge in [-0.15, -0.1) is 0 Å². The van der Waals surface area contributed by atoms with Crippen molar-refractivity contribution in [3.05, 3.63) is 77.7 Å². The Balaban J connectivity index is 1.40. The summed E-state index contributed by atoms with van der Waals surface area (Å²) in [6.07, 6.45) is 6.07. The summed E-state index contributed by atoms with van der Waals surface area (Å²) in [5.41, 5.74) is 2.00. The van der Waals surface area contributed by atoms with Crippen molar-refractivity contribution in [2.75, 3.05) is 10.6 Å². The van der Waals surface area contributed by atoms with Crippen LogP contribution in [0.15, 0.2) is 47.4 Å². The lowest BCUT2D eigenvalue weighted by Crippen LogP contribution is -2.13. The Morgan fingerprint density at radius 1 is 1.00 bits per heavy atom. The third kappa shape index (κ3) is 4.36. The van der Waals surface area contributed by atoms with Gasteiger partial charge in [-0.1, -0.05) is 0 Å². The predicted molar refractivity (Wildman–Crippen MR) is 124 cm³/mol. The number of carbonyl (C=O) groups excluding carboxylic acids is 2. The minimum absolute atomic E-state index is 0.0881. The highest BCUT2D eigenvalue weighted by molar-refractivity contribution is 6.03. The van der Waals surface area contributed by atoms with Crippen LogP contribution in [0.25, 0.3) is 17.0 Å². The van der Waals surface area contributed by atoms with Crippen LogP contribution < -0.4 is 10.6 Å². The Morgan fingerprint density at radius 2 is 1.80 bits per heavy atom. The molecule has 0 aliphatic rings. The van der Waals surface area contributed by atoms with E-state index in [1.165, 1.54) is 30.6 Å². The average molecular weight is 474 g/mol. The first-order valence-corrected chi connectivity index (χ1v) is 10.5. The van der Waals surface area contributed by atoms with Crippen molar-refractivity contribution < 1.29 is 18.4 Å². The Morgan fingerprint density at radius 3 is 2.51 bits per heavy atom. The number of benzene rings is 1. The number of aromatic nitrogens is 6. The van der Waals surface area contributed by atoms with Crippen LogP contribution >= 0.6 is 0 Å². The fourth-order valence-electron chi connectivity index (χ4n) is 3.54. The standard InChI is InChI=1S/C23H19FN8O3/c1-11-20(35-13(3)27-11)22(34)29-14-4-5-17(24)16(6-14)19-10-32-9-15(7-26-23(32)31-19)30-21(33)18-8-25-12(2)28-18/h4-10H,1-3H3,(H,25,28)(H,29,34)(H,30,33). The van der Waals surface area contributed by atoms with Gasteiger partial charge in [0.25, 0.3) is 11.8 Å². The molecule has 2 amide bonds. The van der Waals surface area contributed by atoms with Gasteiger partial charge in [-0.25, -0.2) is 24.3 Å². The summed E-state index contributed by atoms with van der Waals surface area (Å²) in [6, 6.07) is 4.14. The van der Waals surface area contributed by atoms with Gasteiger partial charge in [-0.3, -0.25) is 14.0 Å². The molecule has 176 valence electrons. The molecule has 12 heteroatoms. The highest BCUT2D eigenvalue weighted by Crippen LogP contribution is 2.26. The first kappa shape index (κ1) is 21.9. The minimum Gasteiger partial charge on any atom is -0.436 e. The largest absolute Gasteiger partial charge is 0.436 e. The number of hydrogen-bond acceptors (Lipinski definition) is 7. The molecule has 0 spiro atoms. The lowest BCUT2D eigenvalue weighted by molar-refractivity contribution is 0.0992. The summed E-state index contributed by atoms with van der Waals surface area (Å²) in [4.78, 5) is 44.4. The smallest absolute Gasteiger partial charge is 0.293 e. The molecule has 3 N–H and O–H groups in total. The van der Waals surface area contributed by atoms with E-state index in [0.717, 1.165) is 0 Å². The fourth-order valence-corrected chi connectivity index (χ4v) is 3.54. The van der Waals surface area contributed by atoms with Gasteiger partial charge in [0.2, 0.25) is 11.5 Å². The number of H-pyrrole nitrogens is 1. The minimum atomic E-state index is -0.527. The number of hydrogen-bond donors (Lipinski definition) is 3. The van der Waals surface area contributed by atoms with Crippen molar-refractivity contribution in [1.82, 2.24) is 29.3 Å². The highest BCUT2D eigenvalue weighted by Gasteiger charge is 2.18. The van der Waals surface area contributed by atoms with E-state index in [4.69, 9.17) is 4.42 Å². The first-order chi connectivity index (χ1) is 16.8. The van der Waals surface area contributed by atoms with Gasteiger partial charge in [0.05, 0.1) is 29.5 Å². The van der Waals surface area contributed by atoms with Crippen molar-refractivity contribution in [3.8, 4) is 11.3 Å². The number of amides is 2. The molecule has 0 aliphatic heterocycles. The molecule has 0 saturated heterocycles. The number of anilines is 2. The van der Waals surface area contributed by atoms with E-state index in [2.05, 4.69) is 35.6 Å². The monoisotopic (exact) mass is 474 g/mol. The van der Waals surface area contributed by atoms with Crippen molar-refractivity contribution in [2.45, 2.75) is 20.8 Å². The number of oxazole rings is 1. The molecular formula is C23H19FN8O3. The Bertz CT molecular complexity index is 1600. The molecular weight excluding hydrogens is 455 g/mol. The Kier molecular flexibility index (Phi) is 5.32. The van der Waals surface area contributed by atoms with E-state index in [0.29, 0.717) is 45.9 Å². The summed E-state index contributed by atoms with van der Waals surface area (Å²) in [6.45, 7) is 5.05. The first-order valence-electron chi connectivity index (χ1n) is 10.5. The number of fused-ring (bicyclic) bond motifs is 1. The molecule has 0 aliphatic carbocycles. The van der Waals surface area contributed by atoms with Crippen LogP contribution in [-0.4, -0.2) is 41.1 Å². The average Bonchev–Trinajstić information content (AvgIpc) is 3.52. The molecule has 0 atom stereocenters. The van der Waals surface area contributed by atoms with Gasteiger partial charge >= 0.3 is 0 Å². The molecule has 0 radical (unpaired) electrons. The summed E-state index contributed by atoms with van der Waals surface area (Å²) in [5.74, 6) is -0.0123. The van der Waals surface area contributed by atoms with Crippen LogP contribution in [-0.2, 0) is 0 Å². The number of carbonyl (C=O) groups is 2. The van der Waals surface area contributed by atoms with Crippen molar-refractivity contribution in [1.29, 1.82) is 0 Å². The van der Waals surface area contributed by atoms with Crippen LogP contribution in [0.1, 0.15) is 38.5 Å². The number of aryl methyl sites for hydroxylation is 3. The summed E-state index contributed by atoms with van der Waals surface area (Å²) < 4.78 is 21.6. The van der Waals surface area contributed by atoms with E-state index in [1.807, 2.05) is 0 Å². The maximum atomic E-state index is 14.7. The van der Waals surface area contributed by atoms with Gasteiger partial charge in [-0.05, 0) is 32.0 Å². The normalized spacial score (nSPS) is 11.1. The molecule has 35 heavy (non-hydrogen) atoms. The zero-order valence-electron chi connectivity index (χ0n) is 18.9. The second-order valence-corrected chi connectivity index (χ2v) is 7.81. The van der Waals surface area contributed by atoms with E-state index >= 15 is 0 Å². The van der Waals surface area contributed by atoms with Crippen LogP contribution in [0.3, 0.4) is 0 Å². The van der Waals surface area contributed by atoms with E-state index < -0.39 is 11.7 Å². The van der Waals surface area contributed by atoms with E-state index in [1.54, 1.807) is 37.6 Å². The molecule has 0 fully saturated rings. The predicted octanol–water partition coefficient (Wildman–Crippen LogP) is 3.68. The van der Waals surface area contributed by atoms with Crippen LogP contribution in [0, 0.1) is 26.6 Å². The number of nitrogens with zero attached hydrogens (tertiary/aromatic N) is 5. The summed E-state index contributed by atoms with van der Waals surface area (Å²) in [7, 11) is 0. The summed E-state index contributed by atoms with van der Waals surface area (Å²) in [5, 5.41) is 5.41. The number of halogens is 1. The van der Waals surface area contributed by atoms with Gasteiger partial charge < -0.3 is 20.0 Å². The van der Waals surface area contributed by atoms with Gasteiger partial charge in [0.1, 0.15) is 17.3 Å². The SMILES string of the molecule is Cc1ncc(C(=O)Nc2cnc3nc(-c4cc(NC(=O)c5oc(C)nc5C)ccc4F)cn3c2)[nH]1. The maximum absolute atomic E-state index is 14.7. The number of imidazole rings is 2.